The van der Waals surface area contributed by atoms with Crippen molar-refractivity contribution < 1.29 is 9.90 Å². The molecule has 0 fully saturated rings. The molecule has 0 amide bonds. The van der Waals surface area contributed by atoms with E-state index >= 15 is 0 Å². The molecule has 0 aliphatic rings. The fourth-order valence-corrected chi connectivity index (χ4v) is 2.81. The number of nitrogens with zero attached hydrogens (tertiary/aromatic N) is 1. The van der Waals surface area contributed by atoms with E-state index < -0.39 is 27.5 Å². The molecule has 0 unspecified atom stereocenters. The van der Waals surface area contributed by atoms with Gasteiger partial charge in [-0.15, -0.1) is 0 Å². The molecule has 0 bridgehead atoms. The Labute approximate surface area is 153 Å². The first-order valence-electron chi connectivity index (χ1n) is 7.43. The minimum absolute atomic E-state index is 0.432. The van der Waals surface area contributed by atoms with Crippen LogP contribution in [0.2, 0.25) is 0 Å². The Morgan fingerprint density at radius 2 is 1.52 bits per heavy atom. The van der Waals surface area contributed by atoms with Crippen LogP contribution in [0.4, 0.5) is 0 Å². The van der Waals surface area contributed by atoms with Gasteiger partial charge in [0.15, 0.2) is 4.84 Å². The van der Waals surface area contributed by atoms with Crippen molar-refractivity contribution in [3.63, 3.8) is 0 Å². The van der Waals surface area contributed by atoms with Crippen LogP contribution in [0, 0.1) is 0 Å². The summed E-state index contributed by atoms with van der Waals surface area (Å²) in [5.41, 5.74) is 0.610. The van der Waals surface area contributed by atoms with Gasteiger partial charge in [-0.3, -0.25) is 14.2 Å². The summed E-state index contributed by atoms with van der Waals surface area (Å²) in [5.74, 6) is -1.29. The van der Waals surface area contributed by atoms with Crippen LogP contribution in [0.15, 0.2) is 71.5 Å². The standard InChI is InChI=1S/C19H13Cl2NO3/c20-18(21)17(24)16-15(23)11-14(12-7-3-1-4-8-12)22(19(16)25)13-9-5-2-6-10-13/h1-11,18,23H. The summed E-state index contributed by atoms with van der Waals surface area (Å²) < 4.78 is 1.36. The fraction of sp³-hybridized carbons (Fsp3) is 0.0526. The maximum absolute atomic E-state index is 13.0. The van der Waals surface area contributed by atoms with Crippen molar-refractivity contribution in [3.8, 4) is 22.7 Å². The van der Waals surface area contributed by atoms with Crippen molar-refractivity contribution in [2.45, 2.75) is 4.84 Å². The van der Waals surface area contributed by atoms with E-state index in [-0.39, 0.29) is 0 Å². The van der Waals surface area contributed by atoms with Gasteiger partial charge in [-0.1, -0.05) is 71.7 Å². The van der Waals surface area contributed by atoms with Crippen LogP contribution >= 0.6 is 23.2 Å². The predicted molar refractivity (Wildman–Crippen MR) is 99.0 cm³/mol. The van der Waals surface area contributed by atoms with Gasteiger partial charge in [0.05, 0.1) is 5.69 Å². The Bertz CT molecular complexity index is 967. The van der Waals surface area contributed by atoms with Crippen LogP contribution in [0.5, 0.6) is 5.75 Å². The maximum atomic E-state index is 13.0. The Morgan fingerprint density at radius 3 is 2.08 bits per heavy atom. The largest absolute Gasteiger partial charge is 0.507 e. The average molecular weight is 374 g/mol. The molecule has 1 heterocycles. The lowest BCUT2D eigenvalue weighted by Crippen LogP contribution is -2.28. The van der Waals surface area contributed by atoms with E-state index in [2.05, 4.69) is 0 Å². The molecule has 4 nitrogen and oxygen atoms in total. The van der Waals surface area contributed by atoms with Gasteiger partial charge in [-0.2, -0.15) is 0 Å². The van der Waals surface area contributed by atoms with Crippen LogP contribution in [0.1, 0.15) is 10.4 Å². The molecule has 3 aromatic rings. The second kappa shape index (κ2) is 7.13. The average Bonchev–Trinajstić information content (AvgIpc) is 2.62. The highest BCUT2D eigenvalue weighted by Crippen LogP contribution is 2.28. The molecule has 3 rings (SSSR count). The van der Waals surface area contributed by atoms with Gasteiger partial charge in [-0.25, -0.2) is 0 Å². The number of halogens is 2. The minimum Gasteiger partial charge on any atom is -0.507 e. The Balaban J connectivity index is 2.38. The molecule has 0 atom stereocenters. The summed E-state index contributed by atoms with van der Waals surface area (Å²) in [6.45, 7) is 0. The molecule has 25 heavy (non-hydrogen) atoms. The third kappa shape index (κ3) is 3.31. The number of rotatable bonds is 4. The zero-order valence-electron chi connectivity index (χ0n) is 12.9. The summed E-state index contributed by atoms with van der Waals surface area (Å²) in [6, 6.07) is 19.3. The quantitative estimate of drug-likeness (QED) is 0.550. The van der Waals surface area contributed by atoms with Gasteiger partial charge in [0.2, 0.25) is 5.78 Å². The molecule has 126 valence electrons. The molecule has 0 radical (unpaired) electrons. The molecule has 1 N–H and O–H groups in total. The Morgan fingerprint density at radius 1 is 0.960 bits per heavy atom. The number of ketones is 1. The molecule has 6 heteroatoms. The van der Waals surface area contributed by atoms with Gasteiger partial charge >= 0.3 is 0 Å². The maximum Gasteiger partial charge on any atom is 0.270 e. The molecule has 2 aromatic carbocycles. The molecule has 0 spiro atoms. The number of Topliss-reactive ketones (excluding diaryl/α,β-unsaturated/α-hetero) is 1. The summed E-state index contributed by atoms with van der Waals surface area (Å²) in [5, 5.41) is 10.3. The Kier molecular flexibility index (Phi) is 4.93. The normalized spacial score (nSPS) is 10.8. The van der Waals surface area contributed by atoms with Crippen molar-refractivity contribution in [2.75, 3.05) is 0 Å². The number of carbonyl (C=O) groups excluding carboxylic acids is 1. The second-order valence-electron chi connectivity index (χ2n) is 5.30. The highest BCUT2D eigenvalue weighted by atomic mass is 35.5. The third-order valence-corrected chi connectivity index (χ3v) is 4.11. The molecule has 0 saturated heterocycles. The molecule has 1 aromatic heterocycles. The first-order valence-corrected chi connectivity index (χ1v) is 8.30. The van der Waals surface area contributed by atoms with Crippen LogP contribution in [0.3, 0.4) is 0 Å². The molecular weight excluding hydrogens is 361 g/mol. The first kappa shape index (κ1) is 17.3. The van der Waals surface area contributed by atoms with Crippen molar-refractivity contribution in [1.82, 2.24) is 4.57 Å². The van der Waals surface area contributed by atoms with Gasteiger partial charge in [0, 0.05) is 11.8 Å². The lowest BCUT2D eigenvalue weighted by molar-refractivity contribution is 0.100. The van der Waals surface area contributed by atoms with E-state index in [9.17, 15) is 14.7 Å². The summed E-state index contributed by atoms with van der Waals surface area (Å²) >= 11 is 11.2. The zero-order chi connectivity index (χ0) is 18.0. The van der Waals surface area contributed by atoms with Crippen LogP contribution in [0.25, 0.3) is 16.9 Å². The highest BCUT2D eigenvalue weighted by Gasteiger charge is 2.25. The van der Waals surface area contributed by atoms with E-state index in [1.165, 1.54) is 10.6 Å². The van der Waals surface area contributed by atoms with Crippen molar-refractivity contribution in [3.05, 3.63) is 82.6 Å². The number of aromatic nitrogens is 1. The van der Waals surface area contributed by atoms with Gasteiger partial charge in [-0.05, 0) is 17.7 Å². The number of hydrogen-bond acceptors (Lipinski definition) is 3. The molecular formula is C19H13Cl2NO3. The number of benzene rings is 2. The lowest BCUT2D eigenvalue weighted by atomic mass is 10.1. The van der Waals surface area contributed by atoms with Crippen LogP contribution < -0.4 is 5.56 Å². The lowest BCUT2D eigenvalue weighted by Gasteiger charge is -2.16. The SMILES string of the molecule is O=C(c1c(O)cc(-c2ccccc2)n(-c2ccccc2)c1=O)C(Cl)Cl. The van der Waals surface area contributed by atoms with Crippen LogP contribution in [-0.2, 0) is 0 Å². The van der Waals surface area contributed by atoms with Crippen molar-refractivity contribution >= 4 is 29.0 Å². The second-order valence-corrected chi connectivity index (χ2v) is 6.39. The zero-order valence-corrected chi connectivity index (χ0v) is 14.4. The fourth-order valence-electron chi connectivity index (χ4n) is 2.59. The van der Waals surface area contributed by atoms with Gasteiger partial charge < -0.3 is 5.11 Å². The van der Waals surface area contributed by atoms with Crippen LogP contribution in [-0.4, -0.2) is 20.3 Å². The number of para-hydroxylation sites is 1. The highest BCUT2D eigenvalue weighted by molar-refractivity contribution is 6.55. The monoisotopic (exact) mass is 373 g/mol. The number of aromatic hydroxyl groups is 1. The molecule has 0 saturated carbocycles. The first-order chi connectivity index (χ1) is 12.0. The van der Waals surface area contributed by atoms with Gasteiger partial charge in [0.25, 0.3) is 5.56 Å². The number of pyridine rings is 1. The van der Waals surface area contributed by atoms with E-state index in [0.29, 0.717) is 16.9 Å². The van der Waals surface area contributed by atoms with E-state index in [1.54, 1.807) is 36.4 Å². The van der Waals surface area contributed by atoms with E-state index in [0.717, 1.165) is 0 Å². The van der Waals surface area contributed by atoms with Crippen molar-refractivity contribution in [1.29, 1.82) is 0 Å². The summed E-state index contributed by atoms with van der Waals surface area (Å²) in [7, 11) is 0. The molecule has 0 aliphatic heterocycles. The summed E-state index contributed by atoms with van der Waals surface area (Å²) in [4.78, 5) is 23.7. The van der Waals surface area contributed by atoms with Crippen molar-refractivity contribution in [2.24, 2.45) is 0 Å². The van der Waals surface area contributed by atoms with E-state index in [4.69, 9.17) is 23.2 Å². The number of carbonyl (C=O) groups is 1. The topological polar surface area (TPSA) is 59.3 Å². The third-order valence-electron chi connectivity index (χ3n) is 3.72. The van der Waals surface area contributed by atoms with E-state index in [1.807, 2.05) is 24.3 Å². The summed E-state index contributed by atoms with van der Waals surface area (Å²) in [6.07, 6.45) is 0. The Hall–Kier alpha value is -2.56. The van der Waals surface area contributed by atoms with Gasteiger partial charge in [0.1, 0.15) is 11.3 Å². The number of alkyl halides is 2. The molecule has 0 aliphatic carbocycles. The minimum atomic E-state index is -1.44. The number of hydrogen-bond donors (Lipinski definition) is 1. The smallest absolute Gasteiger partial charge is 0.270 e. The predicted octanol–water partition coefficient (Wildman–Crippen LogP) is 4.20.